The third-order valence-corrected chi connectivity index (χ3v) is 8.82. The van der Waals surface area contributed by atoms with Gasteiger partial charge < -0.3 is 5.32 Å². The number of carbonyl (C=O) groups is 1. The molecule has 2 aromatic heterocycles. The molecule has 1 N–H and O–H groups in total. The van der Waals surface area contributed by atoms with E-state index in [0.717, 1.165) is 29.7 Å². The Morgan fingerprint density at radius 1 is 1.20 bits per heavy atom. The van der Waals surface area contributed by atoms with E-state index in [-0.39, 0.29) is 27.3 Å². The van der Waals surface area contributed by atoms with E-state index < -0.39 is 0 Å². The third kappa shape index (κ3) is 4.98. The lowest BCUT2D eigenvalue weighted by atomic mass is 9.89. The Balaban J connectivity index is 1.51. The number of rotatable bonds is 5. The zero-order valence-corrected chi connectivity index (χ0v) is 22.5. The highest BCUT2D eigenvalue weighted by Crippen LogP contribution is 2.37. The molecule has 1 amide bonds. The maximum atomic E-state index is 13.8. The maximum Gasteiger partial charge on any atom is 0.267 e. The number of para-hydroxylation sites is 1. The van der Waals surface area contributed by atoms with Crippen molar-refractivity contribution in [3.8, 4) is 5.69 Å². The summed E-state index contributed by atoms with van der Waals surface area (Å²) in [5, 5.41) is 4.78. The molecule has 0 saturated heterocycles. The molecule has 0 fully saturated rings. The Morgan fingerprint density at radius 3 is 2.63 bits per heavy atom. The van der Waals surface area contributed by atoms with Crippen LogP contribution >= 0.6 is 57.9 Å². The summed E-state index contributed by atoms with van der Waals surface area (Å²) in [6.07, 6.45) is 2.92. The summed E-state index contributed by atoms with van der Waals surface area (Å²) in [5.74, 6) is 0.285. The Kier molecular flexibility index (Phi) is 7.15. The van der Waals surface area contributed by atoms with Crippen molar-refractivity contribution in [3.05, 3.63) is 78.3 Å². The largest absolute Gasteiger partial charge is 0.323 e. The van der Waals surface area contributed by atoms with Crippen LogP contribution in [0.15, 0.2) is 52.4 Å². The minimum atomic E-state index is -0.325. The number of nitrogens with one attached hydrogen (secondary N) is 1. The molecule has 5 rings (SSSR count). The number of aryl methyl sites for hydroxylation is 1. The fraction of sp³-hybridized carbons (Fsp3) is 0.240. The van der Waals surface area contributed by atoms with E-state index in [1.165, 1.54) is 28.8 Å². The van der Waals surface area contributed by atoms with E-state index >= 15 is 0 Å². The standard InChI is InChI=1S/C25H20Cl3N3O2S2/c1-13-7-8-16-19(9-13)35-23-21(16)24(33)31(15-5-3-2-4-6-15)25(30-23)34-12-20(32)29-22-17(27)10-14(26)11-18(22)28/h2-6,10-11,13H,7-9,12H2,1H3,(H,29,32)/t13-/m1/s1. The monoisotopic (exact) mass is 563 g/mol. The van der Waals surface area contributed by atoms with Crippen LogP contribution in [0.1, 0.15) is 23.8 Å². The number of benzene rings is 2. The Morgan fingerprint density at radius 2 is 1.91 bits per heavy atom. The van der Waals surface area contributed by atoms with Gasteiger partial charge in [-0.25, -0.2) is 4.98 Å². The molecule has 1 aliphatic carbocycles. The molecule has 5 nitrogen and oxygen atoms in total. The zero-order chi connectivity index (χ0) is 24.7. The van der Waals surface area contributed by atoms with Gasteiger partial charge in [-0.05, 0) is 55.0 Å². The quantitative estimate of drug-likeness (QED) is 0.205. The highest BCUT2D eigenvalue weighted by Gasteiger charge is 2.25. The smallest absolute Gasteiger partial charge is 0.267 e. The lowest BCUT2D eigenvalue weighted by molar-refractivity contribution is -0.113. The van der Waals surface area contributed by atoms with Gasteiger partial charge >= 0.3 is 0 Å². The van der Waals surface area contributed by atoms with Gasteiger partial charge in [-0.3, -0.25) is 14.2 Å². The highest BCUT2D eigenvalue weighted by molar-refractivity contribution is 7.99. The third-order valence-electron chi connectivity index (χ3n) is 5.92. The van der Waals surface area contributed by atoms with Crippen molar-refractivity contribution in [2.24, 2.45) is 5.92 Å². The first kappa shape index (κ1) is 24.7. The topological polar surface area (TPSA) is 64.0 Å². The van der Waals surface area contributed by atoms with Crippen molar-refractivity contribution >= 4 is 79.7 Å². The Labute approximate surface area is 225 Å². The average molecular weight is 565 g/mol. The summed E-state index contributed by atoms with van der Waals surface area (Å²) in [4.78, 5) is 33.4. The van der Waals surface area contributed by atoms with Gasteiger partial charge in [0, 0.05) is 9.90 Å². The van der Waals surface area contributed by atoms with Crippen LogP contribution in [0.4, 0.5) is 5.69 Å². The number of hydrogen-bond donors (Lipinski definition) is 1. The number of fused-ring (bicyclic) bond motifs is 3. The van der Waals surface area contributed by atoms with Crippen molar-refractivity contribution in [3.63, 3.8) is 0 Å². The van der Waals surface area contributed by atoms with E-state index in [9.17, 15) is 9.59 Å². The summed E-state index contributed by atoms with van der Waals surface area (Å²) in [6, 6.07) is 12.4. The number of thiophene rings is 1. The van der Waals surface area contributed by atoms with Crippen LogP contribution in [0.2, 0.25) is 15.1 Å². The number of aromatic nitrogens is 2. The zero-order valence-electron chi connectivity index (χ0n) is 18.6. The van der Waals surface area contributed by atoms with Gasteiger partial charge in [-0.15, -0.1) is 11.3 Å². The number of thioether (sulfide) groups is 1. The average Bonchev–Trinajstić information content (AvgIpc) is 3.18. The van der Waals surface area contributed by atoms with Crippen LogP contribution in [-0.4, -0.2) is 21.2 Å². The molecular formula is C25H20Cl3N3O2S2. The fourth-order valence-electron chi connectivity index (χ4n) is 4.24. The molecule has 0 saturated carbocycles. The van der Waals surface area contributed by atoms with Gasteiger partial charge in [0.2, 0.25) is 5.91 Å². The first-order chi connectivity index (χ1) is 16.8. The van der Waals surface area contributed by atoms with E-state index in [2.05, 4.69) is 12.2 Å². The number of anilines is 1. The summed E-state index contributed by atoms with van der Waals surface area (Å²) in [5.41, 5.74) is 2.04. The van der Waals surface area contributed by atoms with Crippen molar-refractivity contribution < 1.29 is 4.79 Å². The van der Waals surface area contributed by atoms with Gasteiger partial charge in [-0.1, -0.05) is 71.7 Å². The van der Waals surface area contributed by atoms with Crippen LogP contribution < -0.4 is 10.9 Å². The van der Waals surface area contributed by atoms with Crippen LogP contribution in [0.3, 0.4) is 0 Å². The fourth-order valence-corrected chi connectivity index (χ4v) is 7.39. The Hall–Kier alpha value is -2.03. The molecule has 2 heterocycles. The van der Waals surface area contributed by atoms with Gasteiger partial charge in [0.25, 0.3) is 5.56 Å². The summed E-state index contributed by atoms with van der Waals surface area (Å²) in [6.45, 7) is 2.24. The minimum Gasteiger partial charge on any atom is -0.323 e. The van der Waals surface area contributed by atoms with Crippen LogP contribution in [0.5, 0.6) is 0 Å². The van der Waals surface area contributed by atoms with Crippen LogP contribution in [0.25, 0.3) is 15.9 Å². The first-order valence-electron chi connectivity index (χ1n) is 11.0. The van der Waals surface area contributed by atoms with Crippen molar-refractivity contribution in [2.75, 3.05) is 11.1 Å². The van der Waals surface area contributed by atoms with E-state index in [0.29, 0.717) is 32.9 Å². The molecule has 35 heavy (non-hydrogen) atoms. The van der Waals surface area contributed by atoms with Gasteiger partial charge in [-0.2, -0.15) is 0 Å². The summed E-state index contributed by atoms with van der Waals surface area (Å²) < 4.78 is 1.60. The second-order valence-corrected chi connectivity index (χ2v) is 11.8. The summed E-state index contributed by atoms with van der Waals surface area (Å²) >= 11 is 21.1. The molecule has 4 aromatic rings. The first-order valence-corrected chi connectivity index (χ1v) is 14.0. The van der Waals surface area contributed by atoms with Crippen molar-refractivity contribution in [2.45, 2.75) is 31.3 Å². The Bertz CT molecular complexity index is 1480. The van der Waals surface area contributed by atoms with E-state index in [4.69, 9.17) is 39.8 Å². The number of carbonyl (C=O) groups excluding carboxylic acids is 1. The van der Waals surface area contributed by atoms with E-state index in [1.807, 2.05) is 30.3 Å². The molecule has 0 spiro atoms. The van der Waals surface area contributed by atoms with E-state index in [1.54, 1.807) is 15.9 Å². The highest BCUT2D eigenvalue weighted by atomic mass is 35.5. The molecule has 1 aliphatic rings. The molecule has 2 aromatic carbocycles. The van der Waals surface area contributed by atoms with Gasteiger partial charge in [0.1, 0.15) is 4.83 Å². The number of hydrogen-bond acceptors (Lipinski definition) is 5. The molecule has 0 aliphatic heterocycles. The number of nitrogens with zero attached hydrogens (tertiary/aromatic N) is 2. The lowest BCUT2D eigenvalue weighted by Crippen LogP contribution is -2.23. The molecule has 180 valence electrons. The maximum absolute atomic E-state index is 13.8. The second kappa shape index (κ2) is 10.1. The SMILES string of the molecule is C[C@@H]1CCc2c(sc3nc(SCC(=O)Nc4c(Cl)cc(Cl)cc4Cl)n(-c4ccccc4)c(=O)c23)C1. The molecular weight excluding hydrogens is 545 g/mol. The second-order valence-electron chi connectivity index (χ2n) is 8.48. The van der Waals surface area contributed by atoms with Crippen molar-refractivity contribution in [1.82, 2.24) is 9.55 Å². The van der Waals surface area contributed by atoms with Crippen LogP contribution in [-0.2, 0) is 17.6 Å². The molecule has 0 unspecified atom stereocenters. The van der Waals surface area contributed by atoms with Gasteiger partial charge in [0.05, 0.1) is 32.6 Å². The molecule has 0 bridgehead atoms. The molecule has 1 atom stereocenters. The van der Waals surface area contributed by atoms with Gasteiger partial charge in [0.15, 0.2) is 5.16 Å². The molecule has 0 radical (unpaired) electrons. The van der Waals surface area contributed by atoms with Crippen molar-refractivity contribution in [1.29, 1.82) is 0 Å². The minimum absolute atomic E-state index is 0.0161. The number of halogens is 3. The normalized spacial score (nSPS) is 15.3. The summed E-state index contributed by atoms with van der Waals surface area (Å²) in [7, 11) is 0. The predicted molar refractivity (Wildman–Crippen MR) is 147 cm³/mol. The predicted octanol–water partition coefficient (Wildman–Crippen LogP) is 7.26. The lowest BCUT2D eigenvalue weighted by Gasteiger charge is -2.18. The molecule has 10 heteroatoms. The van der Waals surface area contributed by atoms with Crippen LogP contribution in [0, 0.1) is 5.92 Å². The number of amides is 1.